The molecule has 8 heteroatoms. The first kappa shape index (κ1) is 26.0. The minimum Gasteiger partial charge on any atom is -0.481 e. The minimum absolute atomic E-state index is 0.0309. The lowest BCUT2D eigenvalue weighted by atomic mass is 9.97. The molecule has 3 N–H and O–H groups in total. The summed E-state index contributed by atoms with van der Waals surface area (Å²) in [6, 6.07) is 16.8. The van der Waals surface area contributed by atoms with Crippen LogP contribution in [0.4, 0.5) is 11.5 Å². The molecule has 3 aromatic rings. The maximum atomic E-state index is 13.8. The van der Waals surface area contributed by atoms with Crippen molar-refractivity contribution in [3.8, 4) is 5.75 Å². The number of aryl methyl sites for hydroxylation is 1. The molecule has 194 valence electrons. The number of amides is 1. The van der Waals surface area contributed by atoms with Crippen LogP contribution >= 0.6 is 0 Å². The number of hydrogen-bond acceptors (Lipinski definition) is 5. The fourth-order valence-electron chi connectivity index (χ4n) is 4.64. The molecular weight excluding hydrogens is 468 g/mol. The molecule has 1 atom stereocenters. The Bertz CT molecular complexity index is 1390. The van der Waals surface area contributed by atoms with Crippen LogP contribution in [0, 0.1) is 6.92 Å². The van der Waals surface area contributed by atoms with E-state index in [1.165, 1.54) is 15.0 Å². The zero-order valence-electron chi connectivity index (χ0n) is 21.4. The van der Waals surface area contributed by atoms with Crippen molar-refractivity contribution in [2.75, 3.05) is 17.2 Å². The molecule has 1 aliphatic rings. The standard InChI is InChI=1S/C29H34N4O4/c1-20-10-9-15-24(18-20)37-21(2)28(35)32(17-16-22-11-5-3-6-12-22)25-26(30)33(29(36)31-27(25)34)19-23-13-7-4-8-14-23/h4,7-11,13-15,18,21H,3,5-6,12,16-17,19,30H2,1-2H3,(H,31,34,36)/t21-/m0/s1. The van der Waals surface area contributed by atoms with Gasteiger partial charge >= 0.3 is 5.69 Å². The van der Waals surface area contributed by atoms with E-state index in [0.717, 1.165) is 36.8 Å². The van der Waals surface area contributed by atoms with E-state index < -0.39 is 23.3 Å². The molecule has 0 saturated carbocycles. The summed E-state index contributed by atoms with van der Waals surface area (Å²) in [6.07, 6.45) is 6.19. The minimum atomic E-state index is -0.879. The Hall–Kier alpha value is -4.07. The molecule has 0 unspecified atom stereocenters. The highest BCUT2D eigenvalue weighted by atomic mass is 16.5. The van der Waals surface area contributed by atoms with E-state index in [0.29, 0.717) is 12.2 Å². The van der Waals surface area contributed by atoms with Crippen LogP contribution in [0.25, 0.3) is 0 Å². The molecule has 37 heavy (non-hydrogen) atoms. The van der Waals surface area contributed by atoms with Crippen LogP contribution in [0.2, 0.25) is 0 Å². The van der Waals surface area contributed by atoms with Gasteiger partial charge < -0.3 is 15.4 Å². The number of nitrogen functional groups attached to an aromatic ring is 1. The number of benzene rings is 2. The fourth-order valence-corrected chi connectivity index (χ4v) is 4.64. The number of aromatic nitrogens is 2. The summed E-state index contributed by atoms with van der Waals surface area (Å²) >= 11 is 0. The van der Waals surface area contributed by atoms with Gasteiger partial charge in [0, 0.05) is 6.54 Å². The van der Waals surface area contributed by atoms with Gasteiger partial charge in [0.05, 0.1) is 6.54 Å². The zero-order valence-corrected chi connectivity index (χ0v) is 21.4. The maximum absolute atomic E-state index is 13.8. The average molecular weight is 503 g/mol. The first-order valence-corrected chi connectivity index (χ1v) is 12.7. The van der Waals surface area contributed by atoms with Crippen LogP contribution in [0.1, 0.15) is 50.2 Å². The van der Waals surface area contributed by atoms with Crippen LogP contribution in [-0.4, -0.2) is 28.1 Å². The molecule has 0 spiro atoms. The molecule has 0 fully saturated rings. The number of carbonyl (C=O) groups excluding carboxylic acids is 1. The second-order valence-corrected chi connectivity index (χ2v) is 9.49. The van der Waals surface area contributed by atoms with Gasteiger partial charge in [-0.25, -0.2) is 4.79 Å². The molecule has 1 aromatic heterocycles. The lowest BCUT2D eigenvalue weighted by Crippen LogP contribution is -2.46. The summed E-state index contributed by atoms with van der Waals surface area (Å²) in [7, 11) is 0. The van der Waals surface area contributed by atoms with E-state index in [1.807, 2.05) is 55.5 Å². The second-order valence-electron chi connectivity index (χ2n) is 9.49. The molecule has 2 aromatic carbocycles. The molecule has 0 radical (unpaired) electrons. The van der Waals surface area contributed by atoms with Gasteiger partial charge in [0.2, 0.25) is 0 Å². The normalized spacial score (nSPS) is 14.1. The number of carbonyl (C=O) groups is 1. The molecule has 4 rings (SSSR count). The van der Waals surface area contributed by atoms with Crippen LogP contribution in [-0.2, 0) is 11.3 Å². The second kappa shape index (κ2) is 11.8. The van der Waals surface area contributed by atoms with Crippen LogP contribution in [0.3, 0.4) is 0 Å². The van der Waals surface area contributed by atoms with Crippen molar-refractivity contribution in [1.82, 2.24) is 9.55 Å². The quantitative estimate of drug-likeness (QED) is 0.427. The summed E-state index contributed by atoms with van der Waals surface area (Å²) in [6.45, 7) is 4.02. The third kappa shape index (κ3) is 6.39. The molecule has 1 aliphatic carbocycles. The highest BCUT2D eigenvalue weighted by Crippen LogP contribution is 2.25. The van der Waals surface area contributed by atoms with Crippen molar-refractivity contribution >= 4 is 17.4 Å². The van der Waals surface area contributed by atoms with Crippen LogP contribution in [0.5, 0.6) is 5.75 Å². The number of nitrogens with zero attached hydrogens (tertiary/aromatic N) is 2. The number of anilines is 2. The summed E-state index contributed by atoms with van der Waals surface area (Å²) in [4.78, 5) is 43.3. The third-order valence-electron chi connectivity index (χ3n) is 6.63. The maximum Gasteiger partial charge on any atom is 0.330 e. The third-order valence-corrected chi connectivity index (χ3v) is 6.63. The monoisotopic (exact) mass is 502 g/mol. The van der Waals surface area contributed by atoms with Crippen LogP contribution in [0.15, 0.2) is 75.8 Å². The lowest BCUT2D eigenvalue weighted by Gasteiger charge is -2.28. The summed E-state index contributed by atoms with van der Waals surface area (Å²) in [5, 5.41) is 0. The van der Waals surface area contributed by atoms with Gasteiger partial charge in [-0.05, 0) is 69.2 Å². The molecule has 8 nitrogen and oxygen atoms in total. The Morgan fingerprint density at radius 1 is 1.14 bits per heavy atom. The van der Waals surface area contributed by atoms with E-state index in [9.17, 15) is 14.4 Å². The Balaban J connectivity index is 1.70. The Labute approximate surface area is 216 Å². The molecule has 0 aliphatic heterocycles. The van der Waals surface area contributed by atoms with Gasteiger partial charge in [-0.3, -0.25) is 19.1 Å². The van der Waals surface area contributed by atoms with Crippen molar-refractivity contribution in [2.45, 2.75) is 58.6 Å². The largest absolute Gasteiger partial charge is 0.481 e. The fraction of sp³-hybridized carbons (Fsp3) is 0.345. The molecule has 1 heterocycles. The van der Waals surface area contributed by atoms with Crippen molar-refractivity contribution in [3.63, 3.8) is 0 Å². The number of nitrogens with one attached hydrogen (secondary N) is 1. The Kier molecular flexibility index (Phi) is 8.28. The van der Waals surface area contributed by atoms with Crippen molar-refractivity contribution in [2.24, 2.45) is 0 Å². The van der Waals surface area contributed by atoms with Crippen molar-refractivity contribution < 1.29 is 9.53 Å². The number of rotatable bonds is 9. The predicted octanol–water partition coefficient (Wildman–Crippen LogP) is 4.17. The van der Waals surface area contributed by atoms with Gasteiger partial charge in [0.15, 0.2) is 11.8 Å². The average Bonchev–Trinajstić information content (AvgIpc) is 2.89. The van der Waals surface area contributed by atoms with Gasteiger partial charge in [-0.2, -0.15) is 0 Å². The topological polar surface area (TPSA) is 110 Å². The SMILES string of the molecule is Cc1cccc(O[C@@H](C)C(=O)N(CCC2=CCCCC2)c2c(N)n(Cc3ccccc3)c(=O)[nH]c2=O)c1. The summed E-state index contributed by atoms with van der Waals surface area (Å²) < 4.78 is 7.24. The Morgan fingerprint density at radius 2 is 1.92 bits per heavy atom. The number of H-pyrrole nitrogens is 1. The van der Waals surface area contributed by atoms with E-state index in [4.69, 9.17) is 10.5 Å². The summed E-state index contributed by atoms with van der Waals surface area (Å²) in [5.41, 5.74) is 8.20. The number of nitrogens with two attached hydrogens (primary N) is 1. The van der Waals surface area contributed by atoms with Crippen LogP contribution < -0.4 is 26.6 Å². The van der Waals surface area contributed by atoms with Gasteiger partial charge in [-0.1, -0.05) is 54.1 Å². The van der Waals surface area contributed by atoms with E-state index >= 15 is 0 Å². The smallest absolute Gasteiger partial charge is 0.330 e. The van der Waals surface area contributed by atoms with Crippen molar-refractivity contribution in [3.05, 3.63) is 98.2 Å². The van der Waals surface area contributed by atoms with Gasteiger partial charge in [-0.15, -0.1) is 0 Å². The van der Waals surface area contributed by atoms with E-state index in [-0.39, 0.29) is 24.6 Å². The molecular formula is C29H34N4O4. The van der Waals surface area contributed by atoms with Crippen molar-refractivity contribution in [1.29, 1.82) is 0 Å². The zero-order chi connectivity index (χ0) is 26.4. The molecule has 0 bridgehead atoms. The number of ether oxygens (including phenoxy) is 1. The molecule has 0 saturated heterocycles. The predicted molar refractivity (Wildman–Crippen MR) is 146 cm³/mol. The number of hydrogen-bond donors (Lipinski definition) is 2. The number of allylic oxidation sites excluding steroid dienone is 1. The lowest BCUT2D eigenvalue weighted by molar-refractivity contribution is -0.124. The van der Waals surface area contributed by atoms with Gasteiger partial charge in [0.1, 0.15) is 11.6 Å². The highest BCUT2D eigenvalue weighted by molar-refractivity contribution is 5.98. The van der Waals surface area contributed by atoms with Gasteiger partial charge in [0.25, 0.3) is 11.5 Å². The first-order valence-electron chi connectivity index (χ1n) is 12.7. The first-order chi connectivity index (χ1) is 17.8. The molecule has 1 amide bonds. The number of aromatic amines is 1. The summed E-state index contributed by atoms with van der Waals surface area (Å²) in [5.74, 6) is 0.109. The Morgan fingerprint density at radius 3 is 2.62 bits per heavy atom. The van der Waals surface area contributed by atoms with E-state index in [1.54, 1.807) is 13.0 Å². The highest BCUT2D eigenvalue weighted by Gasteiger charge is 2.29. The van der Waals surface area contributed by atoms with E-state index in [2.05, 4.69) is 11.1 Å².